The van der Waals surface area contributed by atoms with Gasteiger partial charge in [0.05, 0.1) is 0 Å². The number of carbonyl (C=O) groups is 2. The number of amides is 2. The molecule has 1 aromatic heterocycles. The maximum atomic E-state index is 13.0. The molecule has 3 N–H and O–H groups in total. The Hall–Kier alpha value is -3.48. The van der Waals surface area contributed by atoms with Gasteiger partial charge >= 0.3 is 0 Å². The van der Waals surface area contributed by atoms with E-state index in [1.807, 2.05) is 18.2 Å². The fraction of sp³-hybridized carbons (Fsp3) is 0.238. The average molecular weight is 380 g/mol. The number of nitrogens with zero attached hydrogens (tertiary/aromatic N) is 1. The maximum absolute atomic E-state index is 13.0. The van der Waals surface area contributed by atoms with Gasteiger partial charge in [0.25, 0.3) is 5.91 Å². The summed E-state index contributed by atoms with van der Waals surface area (Å²) in [7, 11) is 0. The zero-order valence-electron chi connectivity index (χ0n) is 15.1. The van der Waals surface area contributed by atoms with Gasteiger partial charge in [-0.25, -0.2) is 0 Å². The molecule has 7 heteroatoms. The van der Waals surface area contributed by atoms with E-state index in [0.29, 0.717) is 29.6 Å². The first-order valence-electron chi connectivity index (χ1n) is 9.15. The number of phenolic OH excluding ortho intramolecular Hbond substituents is 2. The average Bonchev–Trinajstić information content (AvgIpc) is 3.11. The Kier molecular flexibility index (Phi) is 4.65. The largest absolute Gasteiger partial charge is 0.504 e. The molecular formula is C21H20N2O5. The van der Waals surface area contributed by atoms with Crippen LogP contribution in [0.3, 0.4) is 0 Å². The van der Waals surface area contributed by atoms with E-state index in [0.717, 1.165) is 12.8 Å². The quantitative estimate of drug-likeness (QED) is 0.604. The molecule has 144 valence electrons. The Morgan fingerprint density at radius 3 is 2.57 bits per heavy atom. The van der Waals surface area contributed by atoms with Gasteiger partial charge < -0.3 is 24.8 Å². The monoisotopic (exact) mass is 380 g/mol. The third-order valence-electron chi connectivity index (χ3n) is 4.93. The standard InChI is InChI=1S/C21H20N2O5/c24-16-10-13-11-19(28-18(13)12-17(16)25)21(27)23-9-5-4-8-15(23)20(26)22-14-6-2-1-3-7-14/h1-3,6-7,10-12,15,24-25H,4-5,8-9H2,(H,22,26)/t15-/m0/s1. The lowest BCUT2D eigenvalue weighted by Gasteiger charge is -2.34. The number of furan rings is 1. The van der Waals surface area contributed by atoms with E-state index in [-0.39, 0.29) is 29.1 Å². The van der Waals surface area contributed by atoms with Crippen LogP contribution >= 0.6 is 0 Å². The number of carbonyl (C=O) groups excluding carboxylic acids is 2. The van der Waals surface area contributed by atoms with E-state index in [1.165, 1.54) is 23.1 Å². The minimum absolute atomic E-state index is 0.0689. The highest BCUT2D eigenvalue weighted by Crippen LogP contribution is 2.33. The van der Waals surface area contributed by atoms with Gasteiger partial charge in [-0.05, 0) is 43.5 Å². The molecule has 0 radical (unpaired) electrons. The van der Waals surface area contributed by atoms with Gasteiger partial charge in [-0.15, -0.1) is 0 Å². The summed E-state index contributed by atoms with van der Waals surface area (Å²) in [4.78, 5) is 27.3. The van der Waals surface area contributed by atoms with E-state index >= 15 is 0 Å². The number of rotatable bonds is 3. The van der Waals surface area contributed by atoms with Crippen LogP contribution in [0.5, 0.6) is 11.5 Å². The number of likely N-dealkylation sites (tertiary alicyclic amines) is 1. The first-order chi connectivity index (χ1) is 13.5. The SMILES string of the molecule is O=C(Nc1ccccc1)[C@@H]1CCCCN1C(=O)c1cc2cc(O)c(O)cc2o1. The molecule has 1 atom stereocenters. The molecule has 0 aliphatic carbocycles. The van der Waals surface area contributed by atoms with Gasteiger partial charge in [0.15, 0.2) is 17.3 Å². The summed E-state index contributed by atoms with van der Waals surface area (Å²) in [5, 5.41) is 22.6. The highest BCUT2D eigenvalue weighted by atomic mass is 16.4. The normalized spacial score (nSPS) is 16.9. The van der Waals surface area contributed by atoms with Crippen molar-refractivity contribution in [2.75, 3.05) is 11.9 Å². The third-order valence-corrected chi connectivity index (χ3v) is 4.93. The Morgan fingerprint density at radius 1 is 1.04 bits per heavy atom. The van der Waals surface area contributed by atoms with E-state index in [1.54, 1.807) is 12.1 Å². The number of benzene rings is 2. The smallest absolute Gasteiger partial charge is 0.290 e. The number of hydrogen-bond donors (Lipinski definition) is 3. The van der Waals surface area contributed by atoms with Crippen LogP contribution in [0.4, 0.5) is 5.69 Å². The number of para-hydroxylation sites is 1. The topological polar surface area (TPSA) is 103 Å². The molecule has 1 fully saturated rings. The second-order valence-corrected chi connectivity index (χ2v) is 6.85. The molecule has 1 saturated heterocycles. The highest BCUT2D eigenvalue weighted by Gasteiger charge is 2.34. The summed E-state index contributed by atoms with van der Waals surface area (Å²) >= 11 is 0. The highest BCUT2D eigenvalue weighted by molar-refractivity contribution is 6.02. The summed E-state index contributed by atoms with van der Waals surface area (Å²) in [6.07, 6.45) is 2.24. The molecule has 3 aromatic rings. The van der Waals surface area contributed by atoms with Crippen LogP contribution in [0.25, 0.3) is 11.0 Å². The first-order valence-corrected chi connectivity index (χ1v) is 9.15. The second kappa shape index (κ2) is 7.26. The first kappa shape index (κ1) is 17.9. The van der Waals surface area contributed by atoms with Gasteiger partial charge in [0.2, 0.25) is 5.91 Å². The predicted molar refractivity (Wildman–Crippen MR) is 103 cm³/mol. The molecule has 7 nitrogen and oxygen atoms in total. The fourth-order valence-electron chi connectivity index (χ4n) is 3.51. The molecule has 0 spiro atoms. The van der Waals surface area contributed by atoms with Crippen LogP contribution in [0.15, 0.2) is 52.9 Å². The molecule has 0 saturated carbocycles. The van der Waals surface area contributed by atoms with Crippen molar-refractivity contribution in [2.45, 2.75) is 25.3 Å². The van der Waals surface area contributed by atoms with Gasteiger partial charge in [-0.3, -0.25) is 9.59 Å². The molecule has 2 amide bonds. The van der Waals surface area contributed by atoms with Crippen LogP contribution < -0.4 is 5.32 Å². The van der Waals surface area contributed by atoms with Crippen molar-refractivity contribution in [1.29, 1.82) is 0 Å². The molecule has 1 aliphatic heterocycles. The van der Waals surface area contributed by atoms with Crippen molar-refractivity contribution in [3.63, 3.8) is 0 Å². The number of aromatic hydroxyl groups is 2. The fourth-order valence-corrected chi connectivity index (χ4v) is 3.51. The van der Waals surface area contributed by atoms with Crippen LogP contribution in [-0.2, 0) is 4.79 Å². The second-order valence-electron chi connectivity index (χ2n) is 6.85. The van der Waals surface area contributed by atoms with Crippen LogP contribution in [0.2, 0.25) is 0 Å². The summed E-state index contributed by atoms with van der Waals surface area (Å²) in [5.74, 6) is -1.16. The summed E-state index contributed by atoms with van der Waals surface area (Å²) in [5.41, 5.74) is 0.973. The third kappa shape index (κ3) is 3.38. The Balaban J connectivity index is 1.58. The molecule has 0 unspecified atom stereocenters. The Labute approximate surface area is 161 Å². The van der Waals surface area contributed by atoms with Crippen LogP contribution in [0.1, 0.15) is 29.8 Å². The van der Waals surface area contributed by atoms with E-state index in [9.17, 15) is 19.8 Å². The summed E-state index contributed by atoms with van der Waals surface area (Å²) < 4.78 is 5.57. The predicted octanol–water partition coefficient (Wildman–Crippen LogP) is 3.48. The van der Waals surface area contributed by atoms with E-state index < -0.39 is 6.04 Å². The van der Waals surface area contributed by atoms with Crippen molar-refractivity contribution >= 4 is 28.5 Å². The van der Waals surface area contributed by atoms with Crippen molar-refractivity contribution in [3.05, 3.63) is 54.3 Å². The molecule has 2 aromatic carbocycles. The molecule has 4 rings (SSSR count). The van der Waals surface area contributed by atoms with Gasteiger partial charge in [0, 0.05) is 23.7 Å². The lowest BCUT2D eigenvalue weighted by Crippen LogP contribution is -2.49. The minimum atomic E-state index is -0.587. The molecule has 0 bridgehead atoms. The van der Waals surface area contributed by atoms with E-state index in [4.69, 9.17) is 4.42 Å². The van der Waals surface area contributed by atoms with Gasteiger partial charge in [0.1, 0.15) is 11.6 Å². The number of phenols is 2. The molecule has 1 aliphatic rings. The molecule has 28 heavy (non-hydrogen) atoms. The number of fused-ring (bicyclic) bond motifs is 1. The lowest BCUT2D eigenvalue weighted by molar-refractivity contribution is -0.121. The van der Waals surface area contributed by atoms with Crippen LogP contribution in [-0.4, -0.2) is 39.5 Å². The number of anilines is 1. The zero-order valence-corrected chi connectivity index (χ0v) is 15.1. The Morgan fingerprint density at radius 2 is 1.79 bits per heavy atom. The molecule has 2 heterocycles. The number of piperidine rings is 1. The summed E-state index contributed by atoms with van der Waals surface area (Å²) in [6.45, 7) is 0.458. The van der Waals surface area contributed by atoms with Crippen molar-refractivity contribution in [3.8, 4) is 11.5 Å². The van der Waals surface area contributed by atoms with Gasteiger partial charge in [-0.1, -0.05) is 18.2 Å². The minimum Gasteiger partial charge on any atom is -0.504 e. The van der Waals surface area contributed by atoms with Crippen molar-refractivity contribution in [2.24, 2.45) is 0 Å². The maximum Gasteiger partial charge on any atom is 0.290 e. The zero-order chi connectivity index (χ0) is 19.7. The molecular weight excluding hydrogens is 360 g/mol. The number of nitrogens with one attached hydrogen (secondary N) is 1. The Bertz CT molecular complexity index is 989. The van der Waals surface area contributed by atoms with Crippen molar-refractivity contribution < 1.29 is 24.2 Å². The lowest BCUT2D eigenvalue weighted by atomic mass is 10.0. The van der Waals surface area contributed by atoms with E-state index in [2.05, 4.69) is 5.32 Å². The number of hydrogen-bond acceptors (Lipinski definition) is 5. The summed E-state index contributed by atoms with van der Waals surface area (Å²) in [6, 6.07) is 12.6. The van der Waals surface area contributed by atoms with Crippen molar-refractivity contribution in [1.82, 2.24) is 4.90 Å². The van der Waals surface area contributed by atoms with Crippen LogP contribution in [0, 0.1) is 0 Å². The van der Waals surface area contributed by atoms with Gasteiger partial charge in [-0.2, -0.15) is 0 Å².